The quantitative estimate of drug-likeness (QED) is 0.502. The monoisotopic (exact) mass is 457 g/mol. The van der Waals surface area contributed by atoms with Gasteiger partial charge in [-0.05, 0) is 37.8 Å². The van der Waals surface area contributed by atoms with E-state index in [4.69, 9.17) is 22.1 Å². The second kappa shape index (κ2) is 9.09. The molecule has 1 aromatic heterocycles. The summed E-state index contributed by atoms with van der Waals surface area (Å²) in [6, 6.07) is 6.11. The number of allylic oxidation sites excluding steroid dienone is 1. The van der Waals surface area contributed by atoms with Crippen LogP contribution in [0, 0.1) is 11.7 Å². The van der Waals surface area contributed by atoms with Crippen molar-refractivity contribution in [2.24, 2.45) is 5.92 Å². The normalized spacial score (nSPS) is 28.5. The number of hydrogen-bond donors (Lipinski definition) is 1. The second-order valence-corrected chi connectivity index (χ2v) is 9.45. The Balaban J connectivity index is 1.32. The lowest BCUT2D eigenvalue weighted by Gasteiger charge is -2.37. The van der Waals surface area contributed by atoms with Crippen LogP contribution in [0.25, 0.3) is 0 Å². The van der Waals surface area contributed by atoms with Crippen molar-refractivity contribution in [1.29, 1.82) is 0 Å². The van der Waals surface area contributed by atoms with Crippen molar-refractivity contribution < 1.29 is 18.7 Å². The summed E-state index contributed by atoms with van der Waals surface area (Å²) in [5.41, 5.74) is 2.50. The molecule has 3 heterocycles. The van der Waals surface area contributed by atoms with E-state index in [1.165, 1.54) is 6.07 Å². The van der Waals surface area contributed by atoms with Crippen molar-refractivity contribution >= 4 is 18.4 Å². The van der Waals surface area contributed by atoms with Crippen LogP contribution < -0.4 is 0 Å². The first kappa shape index (κ1) is 21.8. The highest BCUT2D eigenvalue weighted by Crippen LogP contribution is 2.39. The summed E-state index contributed by atoms with van der Waals surface area (Å²) in [6.07, 6.45) is 7.89. The van der Waals surface area contributed by atoms with Gasteiger partial charge in [0.2, 0.25) is 0 Å². The van der Waals surface area contributed by atoms with Crippen molar-refractivity contribution in [3.63, 3.8) is 0 Å². The average molecular weight is 458 g/mol. The SMILES string of the molecule is CC1OC(c2cnn(C/C=C3/CN(C(C(=O)C4CC4)c4ccccc4F)CCC3S)c2)O1. The third-order valence-electron chi connectivity index (χ3n) is 6.41. The molecule has 2 aliphatic heterocycles. The number of aromatic nitrogens is 2. The van der Waals surface area contributed by atoms with E-state index in [1.54, 1.807) is 24.4 Å². The van der Waals surface area contributed by atoms with Crippen LogP contribution >= 0.6 is 12.6 Å². The van der Waals surface area contributed by atoms with E-state index in [0.717, 1.165) is 30.4 Å². The molecule has 0 spiro atoms. The Hall–Kier alpha value is -2.00. The van der Waals surface area contributed by atoms with Crippen LogP contribution in [0.4, 0.5) is 4.39 Å². The number of rotatable bonds is 7. The van der Waals surface area contributed by atoms with Gasteiger partial charge in [0.25, 0.3) is 0 Å². The van der Waals surface area contributed by atoms with E-state index in [-0.39, 0.29) is 35.3 Å². The highest BCUT2D eigenvalue weighted by molar-refractivity contribution is 7.81. The summed E-state index contributed by atoms with van der Waals surface area (Å²) < 4.78 is 27.5. The number of nitrogens with zero attached hydrogens (tertiary/aromatic N) is 3. The molecule has 2 aromatic rings. The fraction of sp³-hybridized carbons (Fsp3) is 0.500. The fourth-order valence-electron chi connectivity index (χ4n) is 4.46. The molecule has 0 amide bonds. The number of halogens is 1. The number of benzene rings is 1. The van der Waals surface area contributed by atoms with Crippen molar-refractivity contribution in [3.8, 4) is 0 Å². The summed E-state index contributed by atoms with van der Waals surface area (Å²) in [4.78, 5) is 15.3. The summed E-state index contributed by atoms with van der Waals surface area (Å²) in [6.45, 7) is 3.74. The molecule has 1 aromatic carbocycles. The minimum Gasteiger partial charge on any atom is -0.319 e. The summed E-state index contributed by atoms with van der Waals surface area (Å²) in [5.74, 6) is -0.121. The lowest BCUT2D eigenvalue weighted by molar-refractivity contribution is -0.382. The predicted molar refractivity (Wildman–Crippen MR) is 121 cm³/mol. The molecular formula is C24H28FN3O3S. The Morgan fingerprint density at radius 1 is 1.31 bits per heavy atom. The van der Waals surface area contributed by atoms with Crippen molar-refractivity contribution in [1.82, 2.24) is 14.7 Å². The topological polar surface area (TPSA) is 56.6 Å². The molecule has 0 N–H and O–H groups in total. The molecule has 1 aliphatic carbocycles. The van der Waals surface area contributed by atoms with Crippen LogP contribution in [0.5, 0.6) is 0 Å². The number of carbonyl (C=O) groups is 1. The molecule has 8 heteroatoms. The van der Waals surface area contributed by atoms with Gasteiger partial charge in [-0.1, -0.05) is 24.3 Å². The molecule has 3 aliphatic rings. The molecule has 0 bridgehead atoms. The maximum absolute atomic E-state index is 14.7. The van der Waals surface area contributed by atoms with Gasteiger partial charge in [0.15, 0.2) is 18.4 Å². The molecule has 2 saturated heterocycles. The lowest BCUT2D eigenvalue weighted by Crippen LogP contribution is -2.42. The molecule has 3 fully saturated rings. The van der Waals surface area contributed by atoms with Gasteiger partial charge in [0.1, 0.15) is 5.82 Å². The first-order valence-electron chi connectivity index (χ1n) is 11.2. The number of Topliss-reactive ketones (excluding diaryl/α,β-unsaturated/α-hetero) is 1. The Morgan fingerprint density at radius 2 is 2.09 bits per heavy atom. The van der Waals surface area contributed by atoms with Gasteiger partial charge in [-0.3, -0.25) is 14.4 Å². The fourth-order valence-corrected chi connectivity index (χ4v) is 4.76. The molecule has 5 rings (SSSR count). The molecule has 1 saturated carbocycles. The molecule has 0 radical (unpaired) electrons. The standard InChI is InChI=1S/C24H28FN3O3S/c1-15-30-24(31-15)18-12-26-28(14-18)11-8-17-13-27(10-9-21(17)32)22(23(29)16-6-7-16)19-4-2-3-5-20(19)25/h2-5,8,12,14-16,21-22,24,32H,6-7,9-11,13H2,1H3/b17-8-. The average Bonchev–Trinajstić information content (AvgIpc) is 3.51. The van der Waals surface area contributed by atoms with Crippen molar-refractivity contribution in [2.75, 3.05) is 13.1 Å². The summed E-state index contributed by atoms with van der Waals surface area (Å²) >= 11 is 4.77. The number of likely N-dealkylation sites (tertiary alicyclic amines) is 1. The number of piperidine rings is 1. The van der Waals surface area contributed by atoms with Crippen LogP contribution in [-0.4, -0.2) is 45.1 Å². The molecular weight excluding hydrogens is 429 g/mol. The first-order valence-corrected chi connectivity index (χ1v) is 11.7. The minimum absolute atomic E-state index is 0.0573. The maximum Gasteiger partial charge on any atom is 0.192 e. The Bertz CT molecular complexity index is 1020. The number of carbonyl (C=O) groups excluding carboxylic acids is 1. The van der Waals surface area contributed by atoms with Gasteiger partial charge in [-0.2, -0.15) is 17.7 Å². The van der Waals surface area contributed by atoms with Crippen molar-refractivity contribution in [2.45, 2.75) is 56.6 Å². The second-order valence-electron chi connectivity index (χ2n) is 8.82. The van der Waals surface area contributed by atoms with E-state index in [0.29, 0.717) is 25.2 Å². The Labute approximate surface area is 192 Å². The number of ether oxygens (including phenoxy) is 2. The van der Waals surface area contributed by atoms with Crippen LogP contribution in [0.2, 0.25) is 0 Å². The first-order chi connectivity index (χ1) is 15.5. The van der Waals surface area contributed by atoms with Crippen LogP contribution in [0.1, 0.15) is 49.6 Å². The van der Waals surface area contributed by atoms with E-state index >= 15 is 0 Å². The van der Waals surface area contributed by atoms with Gasteiger partial charge >= 0.3 is 0 Å². The van der Waals surface area contributed by atoms with E-state index in [1.807, 2.05) is 17.8 Å². The predicted octanol–water partition coefficient (Wildman–Crippen LogP) is 4.06. The molecule has 2 unspecified atom stereocenters. The van der Waals surface area contributed by atoms with Crippen molar-refractivity contribution in [3.05, 3.63) is 65.3 Å². The lowest BCUT2D eigenvalue weighted by atomic mass is 9.93. The highest BCUT2D eigenvalue weighted by Gasteiger charge is 2.40. The van der Waals surface area contributed by atoms with E-state index < -0.39 is 6.04 Å². The van der Waals surface area contributed by atoms with Gasteiger partial charge in [0.05, 0.1) is 18.8 Å². The summed E-state index contributed by atoms with van der Waals surface area (Å²) in [5, 5.41) is 4.51. The number of thiol groups is 1. The Kier molecular flexibility index (Phi) is 6.20. The zero-order valence-corrected chi connectivity index (χ0v) is 19.0. The largest absolute Gasteiger partial charge is 0.319 e. The Morgan fingerprint density at radius 3 is 2.81 bits per heavy atom. The third kappa shape index (κ3) is 4.55. The van der Waals surface area contributed by atoms with Crippen LogP contribution in [-0.2, 0) is 20.8 Å². The van der Waals surface area contributed by atoms with Gasteiger partial charge < -0.3 is 9.47 Å². The summed E-state index contributed by atoms with van der Waals surface area (Å²) in [7, 11) is 0. The van der Waals surface area contributed by atoms with Crippen LogP contribution in [0.3, 0.4) is 0 Å². The van der Waals surface area contributed by atoms with Gasteiger partial charge in [-0.15, -0.1) is 0 Å². The van der Waals surface area contributed by atoms with Crippen LogP contribution in [0.15, 0.2) is 48.3 Å². The highest BCUT2D eigenvalue weighted by atomic mass is 32.1. The van der Waals surface area contributed by atoms with Gasteiger partial charge in [0, 0.05) is 41.6 Å². The molecule has 6 nitrogen and oxygen atoms in total. The van der Waals surface area contributed by atoms with E-state index in [2.05, 4.69) is 16.1 Å². The zero-order valence-electron chi connectivity index (χ0n) is 18.1. The van der Waals surface area contributed by atoms with Gasteiger partial charge in [-0.25, -0.2) is 4.39 Å². The maximum atomic E-state index is 14.7. The van der Waals surface area contributed by atoms with E-state index in [9.17, 15) is 9.18 Å². The molecule has 170 valence electrons. The number of hydrogen-bond acceptors (Lipinski definition) is 6. The molecule has 2 atom stereocenters. The third-order valence-corrected chi connectivity index (χ3v) is 7.00. The molecule has 32 heavy (non-hydrogen) atoms. The smallest absolute Gasteiger partial charge is 0.192 e. The minimum atomic E-state index is -0.542. The zero-order chi connectivity index (χ0) is 22.2. The number of ketones is 1.